The van der Waals surface area contributed by atoms with Crippen LogP contribution in [0, 0.1) is 13.8 Å². The molecule has 1 aliphatic rings. The molecule has 0 fully saturated rings. The molecule has 0 saturated heterocycles. The molecule has 0 bridgehead atoms. The average molecular weight is 415 g/mol. The summed E-state index contributed by atoms with van der Waals surface area (Å²) in [6.07, 6.45) is 1.51. The number of aldehydes is 2. The van der Waals surface area contributed by atoms with Crippen molar-refractivity contribution in [3.63, 3.8) is 0 Å². The summed E-state index contributed by atoms with van der Waals surface area (Å²) >= 11 is 2.61. The van der Waals surface area contributed by atoms with Crippen LogP contribution in [-0.4, -0.2) is 21.0 Å². The van der Waals surface area contributed by atoms with E-state index in [1.807, 2.05) is 13.8 Å². The number of rotatable bonds is 4. The Hall–Kier alpha value is -2.35. The number of hydrogen-bond acceptors (Lipinski definition) is 6. The van der Waals surface area contributed by atoms with Crippen molar-refractivity contribution in [3.05, 3.63) is 72.6 Å². The van der Waals surface area contributed by atoms with Crippen molar-refractivity contribution in [2.24, 2.45) is 0 Å². The van der Waals surface area contributed by atoms with Gasteiger partial charge in [-0.15, -0.1) is 22.7 Å². The molecule has 1 aromatic carbocycles. The Labute approximate surface area is 164 Å². The van der Waals surface area contributed by atoms with E-state index < -0.39 is 9.84 Å². The lowest BCUT2D eigenvalue weighted by atomic mass is 9.96. The first-order valence-corrected chi connectivity index (χ1v) is 11.2. The Bertz CT molecular complexity index is 1240. The van der Waals surface area contributed by atoms with Gasteiger partial charge in [-0.25, -0.2) is 8.42 Å². The summed E-state index contributed by atoms with van der Waals surface area (Å²) in [6, 6.07) is 10.3. The number of benzene rings is 1. The summed E-state index contributed by atoms with van der Waals surface area (Å²) in [5, 5.41) is 0. The number of thiophene rings is 2. The maximum absolute atomic E-state index is 13.4. The minimum atomic E-state index is -3.74. The highest BCUT2D eigenvalue weighted by Crippen LogP contribution is 2.50. The zero-order chi connectivity index (χ0) is 19.3. The van der Waals surface area contributed by atoms with E-state index in [1.54, 1.807) is 36.4 Å². The van der Waals surface area contributed by atoms with E-state index in [4.69, 9.17) is 0 Å². The molecular formula is C20H14O4S3. The van der Waals surface area contributed by atoms with Crippen molar-refractivity contribution in [2.45, 2.75) is 18.7 Å². The first-order valence-electron chi connectivity index (χ1n) is 8.09. The topological polar surface area (TPSA) is 68.3 Å². The van der Waals surface area contributed by atoms with Crippen molar-refractivity contribution < 1.29 is 18.0 Å². The zero-order valence-corrected chi connectivity index (χ0v) is 16.9. The van der Waals surface area contributed by atoms with Crippen molar-refractivity contribution in [1.82, 2.24) is 0 Å². The first-order chi connectivity index (χ1) is 12.9. The van der Waals surface area contributed by atoms with Crippen LogP contribution in [-0.2, 0) is 9.84 Å². The molecule has 7 heteroatoms. The fraction of sp³-hybridized carbons (Fsp3) is 0.100. The van der Waals surface area contributed by atoms with Crippen LogP contribution in [0.3, 0.4) is 0 Å². The first kappa shape index (κ1) is 18.0. The molecule has 3 heterocycles. The Morgan fingerprint density at radius 3 is 1.96 bits per heavy atom. The monoisotopic (exact) mass is 414 g/mol. The van der Waals surface area contributed by atoms with Crippen molar-refractivity contribution in [1.29, 1.82) is 0 Å². The third kappa shape index (κ3) is 2.65. The van der Waals surface area contributed by atoms with Crippen LogP contribution in [0.1, 0.15) is 45.8 Å². The van der Waals surface area contributed by atoms with E-state index in [-0.39, 0.29) is 9.80 Å². The quantitative estimate of drug-likeness (QED) is 0.578. The van der Waals surface area contributed by atoms with Gasteiger partial charge in [-0.2, -0.15) is 0 Å². The van der Waals surface area contributed by atoms with E-state index in [1.165, 1.54) is 22.7 Å². The Morgan fingerprint density at radius 1 is 0.815 bits per heavy atom. The fourth-order valence-corrected chi connectivity index (χ4v) is 7.11. The molecule has 0 unspecified atom stereocenters. The van der Waals surface area contributed by atoms with Gasteiger partial charge in [0.1, 0.15) is 0 Å². The second-order valence-electron chi connectivity index (χ2n) is 6.18. The van der Waals surface area contributed by atoms with E-state index in [0.29, 0.717) is 26.5 Å². The highest BCUT2D eigenvalue weighted by Gasteiger charge is 2.38. The SMILES string of the molecule is Cc1sc(C=O)cc1C1=C(c2cc(C=O)sc2C)S(=O)(=O)c2ccccc21. The Kier molecular flexibility index (Phi) is 4.25. The highest BCUT2D eigenvalue weighted by atomic mass is 32.2. The summed E-state index contributed by atoms with van der Waals surface area (Å²) in [7, 11) is -3.74. The Morgan fingerprint density at radius 2 is 1.37 bits per heavy atom. The van der Waals surface area contributed by atoms with Crippen molar-refractivity contribution in [2.75, 3.05) is 0 Å². The molecule has 2 aromatic heterocycles. The van der Waals surface area contributed by atoms with Crippen molar-refractivity contribution in [3.8, 4) is 0 Å². The fourth-order valence-electron chi connectivity index (χ4n) is 3.42. The molecule has 4 nitrogen and oxygen atoms in total. The van der Waals surface area contributed by atoms with Gasteiger partial charge >= 0.3 is 0 Å². The van der Waals surface area contributed by atoms with Gasteiger partial charge in [0.05, 0.1) is 19.6 Å². The van der Waals surface area contributed by atoms with Gasteiger partial charge in [-0.1, -0.05) is 18.2 Å². The van der Waals surface area contributed by atoms with E-state index >= 15 is 0 Å². The number of carbonyl (C=O) groups excluding carboxylic acids is 2. The normalized spacial score (nSPS) is 15.0. The third-order valence-electron chi connectivity index (χ3n) is 4.56. The van der Waals surface area contributed by atoms with Crippen LogP contribution in [0.5, 0.6) is 0 Å². The molecule has 1 aliphatic heterocycles. The number of hydrogen-bond donors (Lipinski definition) is 0. The van der Waals surface area contributed by atoms with E-state index in [9.17, 15) is 18.0 Å². The predicted octanol–water partition coefficient (Wildman–Crippen LogP) is 4.76. The number of carbonyl (C=O) groups is 2. The number of sulfone groups is 1. The van der Waals surface area contributed by atoms with Crippen LogP contribution < -0.4 is 0 Å². The minimum absolute atomic E-state index is 0.212. The highest BCUT2D eigenvalue weighted by molar-refractivity contribution is 8.01. The predicted molar refractivity (Wildman–Crippen MR) is 108 cm³/mol. The molecule has 0 amide bonds. The Balaban J connectivity index is 2.15. The maximum atomic E-state index is 13.4. The molecular weight excluding hydrogens is 400 g/mol. The summed E-state index contributed by atoms with van der Waals surface area (Å²) in [4.78, 5) is 25.6. The van der Waals surface area contributed by atoms with Crippen LogP contribution in [0.4, 0.5) is 0 Å². The van der Waals surface area contributed by atoms with Gasteiger partial charge in [0.25, 0.3) is 0 Å². The van der Waals surface area contributed by atoms with Gasteiger partial charge in [0.2, 0.25) is 9.84 Å². The molecule has 0 atom stereocenters. The summed E-state index contributed by atoms with van der Waals surface area (Å²) in [5.41, 5.74) is 2.52. The molecule has 0 N–H and O–H groups in total. The van der Waals surface area contributed by atoms with E-state index in [2.05, 4.69) is 0 Å². The van der Waals surface area contributed by atoms with Crippen LogP contribution in [0.2, 0.25) is 0 Å². The smallest absolute Gasteiger partial charge is 0.208 e. The van der Waals surface area contributed by atoms with Gasteiger partial charge in [-0.3, -0.25) is 9.59 Å². The van der Waals surface area contributed by atoms with Gasteiger partial charge in [-0.05, 0) is 37.6 Å². The lowest BCUT2D eigenvalue weighted by Gasteiger charge is -2.07. The van der Waals surface area contributed by atoms with Gasteiger partial charge in [0, 0.05) is 26.5 Å². The molecule has 27 heavy (non-hydrogen) atoms. The molecule has 136 valence electrons. The molecule has 0 spiro atoms. The number of aryl methyl sites for hydroxylation is 2. The largest absolute Gasteiger partial charge is 0.297 e. The third-order valence-corrected chi connectivity index (χ3v) is 8.41. The van der Waals surface area contributed by atoms with Gasteiger partial charge < -0.3 is 0 Å². The molecule has 3 aromatic rings. The second kappa shape index (κ2) is 6.37. The number of fused-ring (bicyclic) bond motifs is 1. The van der Waals surface area contributed by atoms with Crippen LogP contribution >= 0.6 is 22.7 Å². The lowest BCUT2D eigenvalue weighted by molar-refractivity contribution is 0.111. The van der Waals surface area contributed by atoms with Crippen LogP contribution in [0.15, 0.2) is 41.3 Å². The van der Waals surface area contributed by atoms with Crippen molar-refractivity contribution >= 4 is 55.6 Å². The summed E-state index contributed by atoms with van der Waals surface area (Å²) in [6.45, 7) is 3.69. The standard InChI is InChI=1S/C20H14O4S3/c1-11-16(7-13(9-21)25-11)19-15-5-3-4-6-18(15)27(23,24)20(19)17-8-14(10-22)26-12(17)2/h3-10H,1-2H3. The maximum Gasteiger partial charge on any atom is 0.208 e. The summed E-state index contributed by atoms with van der Waals surface area (Å²) < 4.78 is 26.8. The lowest BCUT2D eigenvalue weighted by Crippen LogP contribution is -2.00. The molecule has 0 radical (unpaired) electrons. The molecule has 0 saturated carbocycles. The second-order valence-corrected chi connectivity index (χ2v) is 10.6. The molecule has 0 aliphatic carbocycles. The minimum Gasteiger partial charge on any atom is -0.297 e. The van der Waals surface area contributed by atoms with E-state index in [0.717, 1.165) is 27.9 Å². The van der Waals surface area contributed by atoms with Crippen LogP contribution in [0.25, 0.3) is 10.5 Å². The average Bonchev–Trinajstić information content (AvgIpc) is 3.27. The van der Waals surface area contributed by atoms with Gasteiger partial charge in [0.15, 0.2) is 12.6 Å². The molecule has 4 rings (SSSR count). The summed E-state index contributed by atoms with van der Waals surface area (Å²) in [5.74, 6) is 0. The zero-order valence-electron chi connectivity index (χ0n) is 14.5.